The van der Waals surface area contributed by atoms with Gasteiger partial charge in [0, 0.05) is 26.8 Å². The van der Waals surface area contributed by atoms with Gasteiger partial charge in [0.25, 0.3) is 0 Å². The van der Waals surface area contributed by atoms with E-state index in [-0.39, 0.29) is 12.3 Å². The lowest BCUT2D eigenvalue weighted by molar-refractivity contribution is -0.122. The molecule has 120 valence electrons. The van der Waals surface area contributed by atoms with Gasteiger partial charge in [0.2, 0.25) is 0 Å². The van der Waals surface area contributed by atoms with E-state index in [9.17, 15) is 0 Å². The Morgan fingerprint density at radius 3 is 2.67 bits per heavy atom. The largest absolute Gasteiger partial charge is 0.354 e. The fraction of sp³-hybridized carbons (Fsp3) is 0.812. The second-order valence-corrected chi connectivity index (χ2v) is 5.83. The van der Waals surface area contributed by atoms with E-state index in [1.807, 2.05) is 0 Å². The van der Waals surface area contributed by atoms with Crippen LogP contribution in [0.1, 0.15) is 50.8 Å². The summed E-state index contributed by atoms with van der Waals surface area (Å²) in [5, 5.41) is 8.26. The van der Waals surface area contributed by atoms with E-state index in [0.29, 0.717) is 6.04 Å². The van der Waals surface area contributed by atoms with Crippen molar-refractivity contribution in [2.45, 2.75) is 63.8 Å². The highest BCUT2D eigenvalue weighted by atomic mass is 16.7. The lowest BCUT2D eigenvalue weighted by Gasteiger charge is -2.25. The zero-order chi connectivity index (χ0) is 15.1. The summed E-state index contributed by atoms with van der Waals surface area (Å²) in [4.78, 5) is 0. The first-order chi connectivity index (χ1) is 10.3. The summed E-state index contributed by atoms with van der Waals surface area (Å²) in [6.07, 6.45) is 8.98. The number of ether oxygens (including phenoxy) is 2. The SMILES string of the molecule is CCCNC(Cc1ccn(C2CCCC2)n1)C(OC)OC. The minimum absolute atomic E-state index is 0.131. The van der Waals surface area contributed by atoms with Gasteiger partial charge in [0.1, 0.15) is 0 Å². The van der Waals surface area contributed by atoms with Crippen molar-refractivity contribution in [1.29, 1.82) is 0 Å². The van der Waals surface area contributed by atoms with Crippen molar-refractivity contribution in [2.75, 3.05) is 20.8 Å². The van der Waals surface area contributed by atoms with E-state index in [1.165, 1.54) is 25.7 Å². The van der Waals surface area contributed by atoms with Crippen LogP contribution in [0.5, 0.6) is 0 Å². The summed E-state index contributed by atoms with van der Waals surface area (Å²) in [7, 11) is 3.37. The van der Waals surface area contributed by atoms with Crippen LogP contribution in [0, 0.1) is 0 Å². The van der Waals surface area contributed by atoms with Gasteiger partial charge in [-0.2, -0.15) is 5.10 Å². The van der Waals surface area contributed by atoms with Crippen LogP contribution in [0.2, 0.25) is 0 Å². The molecule has 1 aromatic rings. The molecule has 0 aromatic carbocycles. The highest BCUT2D eigenvalue weighted by Crippen LogP contribution is 2.28. The van der Waals surface area contributed by atoms with Crippen LogP contribution in [0.25, 0.3) is 0 Å². The molecule has 21 heavy (non-hydrogen) atoms. The molecule has 0 aliphatic heterocycles. The standard InChI is InChI=1S/C16H29N3O2/c1-4-10-17-15(16(20-2)21-3)12-13-9-11-19(18-13)14-7-5-6-8-14/h9,11,14-17H,4-8,10,12H2,1-3H3. The molecule has 1 aliphatic rings. The summed E-state index contributed by atoms with van der Waals surface area (Å²) >= 11 is 0. The number of methoxy groups -OCH3 is 2. The maximum atomic E-state index is 5.42. The van der Waals surface area contributed by atoms with Crippen LogP contribution in [0.3, 0.4) is 0 Å². The van der Waals surface area contributed by atoms with Crippen molar-refractivity contribution in [2.24, 2.45) is 0 Å². The van der Waals surface area contributed by atoms with E-state index in [4.69, 9.17) is 14.6 Å². The third-order valence-electron chi connectivity index (χ3n) is 4.24. The summed E-state index contributed by atoms with van der Waals surface area (Å²) in [6.45, 7) is 3.12. The fourth-order valence-corrected chi connectivity index (χ4v) is 3.10. The second kappa shape index (κ2) is 8.51. The summed E-state index contributed by atoms with van der Waals surface area (Å²) in [6, 6.07) is 2.86. The van der Waals surface area contributed by atoms with Gasteiger partial charge in [-0.05, 0) is 31.9 Å². The first-order valence-corrected chi connectivity index (χ1v) is 8.11. The van der Waals surface area contributed by atoms with E-state index in [0.717, 1.165) is 25.1 Å². The predicted octanol–water partition coefficient (Wildman–Crippen LogP) is 2.53. The van der Waals surface area contributed by atoms with Crippen molar-refractivity contribution in [1.82, 2.24) is 15.1 Å². The van der Waals surface area contributed by atoms with Crippen molar-refractivity contribution >= 4 is 0 Å². The van der Waals surface area contributed by atoms with Crippen LogP contribution in [-0.2, 0) is 15.9 Å². The molecule has 1 aliphatic carbocycles. The Morgan fingerprint density at radius 2 is 2.05 bits per heavy atom. The molecule has 1 aromatic heterocycles. The lowest BCUT2D eigenvalue weighted by atomic mass is 10.1. The molecule has 1 N–H and O–H groups in total. The van der Waals surface area contributed by atoms with Crippen molar-refractivity contribution in [3.63, 3.8) is 0 Å². The van der Waals surface area contributed by atoms with E-state index in [1.54, 1.807) is 14.2 Å². The molecule has 1 unspecified atom stereocenters. The number of rotatable bonds is 9. The first-order valence-electron chi connectivity index (χ1n) is 8.11. The molecule has 2 rings (SSSR count). The molecule has 0 amide bonds. The number of aromatic nitrogens is 2. The second-order valence-electron chi connectivity index (χ2n) is 5.83. The van der Waals surface area contributed by atoms with Crippen molar-refractivity contribution < 1.29 is 9.47 Å². The molecule has 0 saturated heterocycles. The van der Waals surface area contributed by atoms with E-state index < -0.39 is 0 Å². The van der Waals surface area contributed by atoms with Gasteiger partial charge in [0.05, 0.1) is 17.8 Å². The Morgan fingerprint density at radius 1 is 1.33 bits per heavy atom. The molecule has 5 nitrogen and oxygen atoms in total. The normalized spacial score (nSPS) is 17.7. The number of nitrogens with one attached hydrogen (secondary N) is 1. The Kier molecular flexibility index (Phi) is 6.67. The molecule has 1 atom stereocenters. The smallest absolute Gasteiger partial charge is 0.172 e. The fourth-order valence-electron chi connectivity index (χ4n) is 3.10. The zero-order valence-corrected chi connectivity index (χ0v) is 13.5. The van der Waals surface area contributed by atoms with Gasteiger partial charge in [-0.15, -0.1) is 0 Å². The first kappa shape index (κ1) is 16.5. The topological polar surface area (TPSA) is 48.3 Å². The van der Waals surface area contributed by atoms with Crippen LogP contribution in [-0.4, -0.2) is 42.9 Å². The van der Waals surface area contributed by atoms with Crippen LogP contribution in [0.4, 0.5) is 0 Å². The predicted molar refractivity (Wildman–Crippen MR) is 83.3 cm³/mol. The van der Waals surface area contributed by atoms with Gasteiger partial charge in [-0.1, -0.05) is 19.8 Å². The molecular formula is C16H29N3O2. The molecule has 0 radical (unpaired) electrons. The van der Waals surface area contributed by atoms with Gasteiger partial charge in [-0.25, -0.2) is 0 Å². The molecule has 1 fully saturated rings. The highest BCUT2D eigenvalue weighted by molar-refractivity contribution is 5.03. The van der Waals surface area contributed by atoms with Crippen molar-refractivity contribution in [3.05, 3.63) is 18.0 Å². The molecular weight excluding hydrogens is 266 g/mol. The highest BCUT2D eigenvalue weighted by Gasteiger charge is 2.23. The minimum atomic E-state index is -0.242. The van der Waals surface area contributed by atoms with E-state index in [2.05, 4.69) is 29.2 Å². The molecule has 1 saturated carbocycles. The maximum Gasteiger partial charge on any atom is 0.172 e. The number of hydrogen-bond acceptors (Lipinski definition) is 4. The van der Waals surface area contributed by atoms with Crippen LogP contribution >= 0.6 is 0 Å². The van der Waals surface area contributed by atoms with Gasteiger partial charge < -0.3 is 14.8 Å². The summed E-state index contributed by atoms with van der Waals surface area (Å²) in [5.74, 6) is 0. The Hall–Kier alpha value is -0.910. The number of hydrogen-bond donors (Lipinski definition) is 1. The molecule has 5 heteroatoms. The average molecular weight is 295 g/mol. The van der Waals surface area contributed by atoms with Gasteiger partial charge in [-0.3, -0.25) is 4.68 Å². The number of nitrogens with zero attached hydrogens (tertiary/aromatic N) is 2. The average Bonchev–Trinajstić information content (AvgIpc) is 3.16. The van der Waals surface area contributed by atoms with Crippen LogP contribution in [0.15, 0.2) is 12.3 Å². The van der Waals surface area contributed by atoms with Gasteiger partial charge in [0.15, 0.2) is 6.29 Å². The molecule has 0 spiro atoms. The summed E-state index contributed by atoms with van der Waals surface area (Å²) in [5.41, 5.74) is 1.11. The van der Waals surface area contributed by atoms with Crippen LogP contribution < -0.4 is 5.32 Å². The molecule has 0 bridgehead atoms. The third kappa shape index (κ3) is 4.53. The molecule has 1 heterocycles. The monoisotopic (exact) mass is 295 g/mol. The lowest BCUT2D eigenvalue weighted by Crippen LogP contribution is -2.44. The quantitative estimate of drug-likeness (QED) is 0.711. The third-order valence-corrected chi connectivity index (χ3v) is 4.24. The minimum Gasteiger partial charge on any atom is -0.354 e. The van der Waals surface area contributed by atoms with Crippen molar-refractivity contribution in [3.8, 4) is 0 Å². The summed E-state index contributed by atoms with van der Waals surface area (Å²) < 4.78 is 13.0. The zero-order valence-electron chi connectivity index (χ0n) is 13.5. The Labute approximate surface area is 128 Å². The van der Waals surface area contributed by atoms with E-state index >= 15 is 0 Å². The Balaban J connectivity index is 1.98. The Bertz CT molecular complexity index is 398. The van der Waals surface area contributed by atoms with Gasteiger partial charge >= 0.3 is 0 Å². The maximum absolute atomic E-state index is 5.42.